The van der Waals surface area contributed by atoms with E-state index in [0.29, 0.717) is 6.54 Å². The van der Waals surface area contributed by atoms with Crippen LogP contribution in [0.5, 0.6) is 0 Å². The van der Waals surface area contributed by atoms with Gasteiger partial charge in [0.2, 0.25) is 0 Å². The Bertz CT molecular complexity index is 706. The average Bonchev–Trinajstić information content (AvgIpc) is 3.08. The van der Waals surface area contributed by atoms with Gasteiger partial charge in [-0.15, -0.1) is 0 Å². The Morgan fingerprint density at radius 2 is 1.42 bits per heavy atom. The second-order valence-corrected chi connectivity index (χ2v) is 7.15. The first-order valence-corrected chi connectivity index (χ1v) is 8.72. The molecule has 3 N–H and O–H groups in total. The summed E-state index contributed by atoms with van der Waals surface area (Å²) >= 11 is 0. The number of aryl methyl sites for hydroxylation is 2. The minimum atomic E-state index is -0.634. The molecule has 0 fully saturated rings. The van der Waals surface area contributed by atoms with Gasteiger partial charge in [0, 0.05) is 6.54 Å². The van der Waals surface area contributed by atoms with Crippen molar-refractivity contribution in [2.24, 2.45) is 0 Å². The van der Waals surface area contributed by atoms with Crippen LogP contribution < -0.4 is 5.32 Å². The zero-order valence-corrected chi connectivity index (χ0v) is 14.5. The van der Waals surface area contributed by atoms with E-state index in [9.17, 15) is 10.2 Å². The summed E-state index contributed by atoms with van der Waals surface area (Å²) in [5.41, 5.74) is 3.60. The molecule has 2 aromatic rings. The third-order valence-corrected chi connectivity index (χ3v) is 5.27. The van der Waals surface area contributed by atoms with Crippen LogP contribution in [0.25, 0.3) is 0 Å². The van der Waals surface area contributed by atoms with Gasteiger partial charge < -0.3 is 15.5 Å². The van der Waals surface area contributed by atoms with Crippen molar-refractivity contribution in [3.8, 4) is 0 Å². The van der Waals surface area contributed by atoms with Gasteiger partial charge in [0.05, 0.1) is 5.60 Å². The zero-order chi connectivity index (χ0) is 17.2. The number of fused-ring (bicyclic) bond motifs is 2. The summed E-state index contributed by atoms with van der Waals surface area (Å²) in [6, 6.07) is 16.3. The maximum Gasteiger partial charge on any atom is 0.103 e. The van der Waals surface area contributed by atoms with E-state index in [2.05, 4.69) is 17.4 Å². The number of aliphatic hydroxyl groups is 2. The summed E-state index contributed by atoms with van der Waals surface area (Å²) in [7, 11) is 1.87. The second-order valence-electron chi connectivity index (χ2n) is 7.15. The van der Waals surface area contributed by atoms with Crippen LogP contribution in [0.3, 0.4) is 0 Å². The molecule has 0 heterocycles. The van der Waals surface area contributed by atoms with Gasteiger partial charge in [0.1, 0.15) is 5.60 Å². The number of rotatable bonds is 2. The number of nitrogens with one attached hydrogen (secondary N) is 1. The van der Waals surface area contributed by atoms with Crippen LogP contribution in [-0.2, 0) is 24.0 Å². The van der Waals surface area contributed by atoms with Crippen LogP contribution in [-0.4, -0.2) is 23.8 Å². The number of hydrogen-bond acceptors (Lipinski definition) is 3. The van der Waals surface area contributed by atoms with Crippen molar-refractivity contribution in [2.45, 2.75) is 43.8 Å². The molecule has 2 atom stereocenters. The minimum Gasteiger partial charge on any atom is -0.385 e. The quantitative estimate of drug-likeness (QED) is 0.796. The molecule has 2 aliphatic rings. The standard InChI is InChI=1S/C11H15NO.C10H12O/c1-12-8-11(13)7-6-9-4-2-3-5-10(9)11;1-10(11)7-6-8-4-2-3-5-9(8)10/h2-5,12-13H,6-8H2,1H3;2-5,11H,6-7H2,1H3. The summed E-state index contributed by atoms with van der Waals surface area (Å²) in [5, 5.41) is 23.2. The van der Waals surface area contributed by atoms with Crippen LogP contribution >= 0.6 is 0 Å². The summed E-state index contributed by atoms with van der Waals surface area (Å²) in [6.07, 6.45) is 3.72. The predicted molar refractivity (Wildman–Crippen MR) is 96.9 cm³/mol. The lowest BCUT2D eigenvalue weighted by Gasteiger charge is -2.23. The number of likely N-dealkylation sites (N-methyl/N-ethyl adjacent to an activating group) is 1. The van der Waals surface area contributed by atoms with Crippen LogP contribution in [0.1, 0.15) is 42.0 Å². The Labute approximate surface area is 144 Å². The third-order valence-electron chi connectivity index (χ3n) is 5.27. The zero-order valence-electron chi connectivity index (χ0n) is 14.5. The summed E-state index contributed by atoms with van der Waals surface area (Å²) in [4.78, 5) is 0. The van der Waals surface area contributed by atoms with Crippen molar-refractivity contribution in [1.82, 2.24) is 5.32 Å². The van der Waals surface area contributed by atoms with Crippen molar-refractivity contribution < 1.29 is 10.2 Å². The fourth-order valence-electron chi connectivity index (χ4n) is 3.92. The number of hydrogen-bond donors (Lipinski definition) is 3. The van der Waals surface area contributed by atoms with E-state index in [4.69, 9.17) is 0 Å². The topological polar surface area (TPSA) is 52.5 Å². The molecule has 0 aromatic heterocycles. The average molecular weight is 325 g/mol. The van der Waals surface area contributed by atoms with Crippen molar-refractivity contribution in [1.29, 1.82) is 0 Å². The highest BCUT2D eigenvalue weighted by atomic mass is 16.3. The molecule has 0 spiro atoms. The highest BCUT2D eigenvalue weighted by Gasteiger charge is 2.35. The first-order chi connectivity index (χ1) is 11.5. The van der Waals surface area contributed by atoms with E-state index in [1.54, 1.807) is 0 Å². The van der Waals surface area contributed by atoms with E-state index >= 15 is 0 Å². The molecule has 3 nitrogen and oxygen atoms in total. The molecule has 128 valence electrons. The first kappa shape index (κ1) is 17.2. The molecule has 0 saturated carbocycles. The van der Waals surface area contributed by atoms with Gasteiger partial charge in [-0.2, -0.15) is 0 Å². The van der Waals surface area contributed by atoms with Crippen molar-refractivity contribution in [3.63, 3.8) is 0 Å². The number of benzene rings is 2. The Balaban J connectivity index is 0.000000143. The Hall–Kier alpha value is -1.68. The Kier molecular flexibility index (Phi) is 4.77. The smallest absolute Gasteiger partial charge is 0.103 e. The monoisotopic (exact) mass is 325 g/mol. The lowest BCUT2D eigenvalue weighted by Crippen LogP contribution is -2.34. The molecule has 3 heteroatoms. The van der Waals surface area contributed by atoms with Gasteiger partial charge in [-0.1, -0.05) is 48.5 Å². The maximum atomic E-state index is 10.3. The van der Waals surface area contributed by atoms with E-state index < -0.39 is 11.2 Å². The molecule has 0 aliphatic heterocycles. The molecule has 0 bridgehead atoms. The minimum absolute atomic E-state index is 0.573. The highest BCUT2D eigenvalue weighted by molar-refractivity contribution is 5.37. The molecule has 2 aromatic carbocycles. The van der Waals surface area contributed by atoms with E-state index in [1.807, 2.05) is 50.4 Å². The Morgan fingerprint density at radius 1 is 0.875 bits per heavy atom. The molecule has 4 rings (SSSR count). The lowest BCUT2D eigenvalue weighted by atomic mass is 9.96. The fourth-order valence-corrected chi connectivity index (χ4v) is 3.92. The van der Waals surface area contributed by atoms with Crippen molar-refractivity contribution in [3.05, 3.63) is 70.8 Å². The SMILES string of the molecule is CC1(O)CCc2ccccc21.CNCC1(O)CCc2ccccc21. The summed E-state index contributed by atoms with van der Waals surface area (Å²) in [6.45, 7) is 2.53. The highest BCUT2D eigenvalue weighted by Crippen LogP contribution is 2.36. The van der Waals surface area contributed by atoms with Gasteiger partial charge in [0.25, 0.3) is 0 Å². The summed E-state index contributed by atoms with van der Waals surface area (Å²) < 4.78 is 0. The van der Waals surface area contributed by atoms with Crippen LogP contribution in [0.4, 0.5) is 0 Å². The maximum absolute atomic E-state index is 10.3. The molecule has 2 aliphatic carbocycles. The third kappa shape index (κ3) is 3.25. The van der Waals surface area contributed by atoms with Crippen LogP contribution in [0.15, 0.2) is 48.5 Å². The molecule has 24 heavy (non-hydrogen) atoms. The van der Waals surface area contributed by atoms with E-state index in [0.717, 1.165) is 36.8 Å². The predicted octanol–water partition coefficient (Wildman–Crippen LogP) is 2.88. The van der Waals surface area contributed by atoms with Gasteiger partial charge >= 0.3 is 0 Å². The van der Waals surface area contributed by atoms with Gasteiger partial charge in [-0.25, -0.2) is 0 Å². The normalized spacial score (nSPS) is 27.2. The van der Waals surface area contributed by atoms with Gasteiger partial charge in [-0.3, -0.25) is 0 Å². The van der Waals surface area contributed by atoms with Gasteiger partial charge in [0.15, 0.2) is 0 Å². The summed E-state index contributed by atoms with van der Waals surface area (Å²) in [5.74, 6) is 0. The molecule has 0 saturated heterocycles. The largest absolute Gasteiger partial charge is 0.385 e. The van der Waals surface area contributed by atoms with Crippen molar-refractivity contribution in [2.75, 3.05) is 13.6 Å². The lowest BCUT2D eigenvalue weighted by molar-refractivity contribution is 0.0408. The molecular formula is C21H27NO2. The van der Waals surface area contributed by atoms with Crippen LogP contribution in [0.2, 0.25) is 0 Å². The van der Waals surface area contributed by atoms with E-state index in [-0.39, 0.29) is 0 Å². The van der Waals surface area contributed by atoms with Gasteiger partial charge in [-0.05, 0) is 61.9 Å². The first-order valence-electron chi connectivity index (χ1n) is 8.72. The van der Waals surface area contributed by atoms with Crippen molar-refractivity contribution >= 4 is 0 Å². The Morgan fingerprint density at radius 3 is 2.04 bits per heavy atom. The molecule has 2 unspecified atom stereocenters. The molecule has 0 amide bonds. The fraction of sp³-hybridized carbons (Fsp3) is 0.429. The van der Waals surface area contributed by atoms with E-state index in [1.165, 1.54) is 11.1 Å². The van der Waals surface area contributed by atoms with Crippen LogP contribution in [0, 0.1) is 0 Å². The molecule has 0 radical (unpaired) electrons. The molecular weight excluding hydrogens is 298 g/mol. The second kappa shape index (κ2) is 6.67.